The molecule has 0 aliphatic carbocycles. The summed E-state index contributed by atoms with van der Waals surface area (Å²) in [5, 5.41) is 18.6. The first-order valence-corrected chi connectivity index (χ1v) is 8.20. The third-order valence-electron chi connectivity index (χ3n) is 3.49. The molecule has 1 aromatic carbocycles. The number of carbonyl (C=O) groups is 2. The summed E-state index contributed by atoms with van der Waals surface area (Å²) in [6.45, 7) is 3.26. The van der Waals surface area contributed by atoms with Crippen molar-refractivity contribution < 1.29 is 19.4 Å². The number of rotatable bonds is 10. The quantitative estimate of drug-likeness (QED) is 0.632. The maximum atomic E-state index is 11.8. The molecule has 0 aliphatic heterocycles. The van der Waals surface area contributed by atoms with Crippen LogP contribution in [0.2, 0.25) is 0 Å². The number of carbonyl (C=O) groups excluding carboxylic acids is 1. The van der Waals surface area contributed by atoms with Crippen LogP contribution in [0.1, 0.15) is 35.8 Å². The third kappa shape index (κ3) is 6.25. The van der Waals surface area contributed by atoms with Crippen molar-refractivity contribution >= 4 is 11.9 Å². The molecule has 1 amide bonds. The Morgan fingerprint density at radius 2 is 2.04 bits per heavy atom. The number of carboxylic acid groups (broad SMARTS) is 1. The van der Waals surface area contributed by atoms with Gasteiger partial charge >= 0.3 is 5.97 Å². The van der Waals surface area contributed by atoms with Gasteiger partial charge < -0.3 is 15.2 Å². The molecule has 0 saturated carbocycles. The minimum absolute atomic E-state index is 0.0650. The summed E-state index contributed by atoms with van der Waals surface area (Å²) in [5.41, 5.74) is 0.908. The van der Waals surface area contributed by atoms with E-state index in [1.165, 1.54) is 10.9 Å². The van der Waals surface area contributed by atoms with Crippen LogP contribution < -0.4 is 10.1 Å². The largest absolute Gasteiger partial charge is 0.494 e. The Labute approximate surface area is 145 Å². The van der Waals surface area contributed by atoms with Crippen LogP contribution in [0.25, 0.3) is 0 Å². The molecule has 0 aliphatic rings. The number of hydrogen-bond acceptors (Lipinski definition) is 5. The number of nitrogens with one attached hydrogen (secondary N) is 1. The second kappa shape index (κ2) is 9.41. The van der Waals surface area contributed by atoms with Crippen LogP contribution in [0.15, 0.2) is 30.5 Å². The van der Waals surface area contributed by atoms with Crippen molar-refractivity contribution in [1.29, 1.82) is 0 Å². The third-order valence-corrected chi connectivity index (χ3v) is 3.49. The van der Waals surface area contributed by atoms with E-state index in [1.54, 1.807) is 0 Å². The van der Waals surface area contributed by atoms with Crippen molar-refractivity contribution in [2.75, 3.05) is 13.2 Å². The summed E-state index contributed by atoms with van der Waals surface area (Å²) in [6, 6.07) is 7.80. The van der Waals surface area contributed by atoms with Gasteiger partial charge in [0.05, 0.1) is 12.8 Å². The Morgan fingerprint density at radius 3 is 2.68 bits per heavy atom. The first-order chi connectivity index (χ1) is 12.1. The second-order valence-corrected chi connectivity index (χ2v) is 5.55. The summed E-state index contributed by atoms with van der Waals surface area (Å²) in [6.07, 6.45) is 4.05. The van der Waals surface area contributed by atoms with Crippen LogP contribution >= 0.6 is 0 Å². The Bertz CT molecular complexity index is 697. The summed E-state index contributed by atoms with van der Waals surface area (Å²) in [5.74, 6) is -0.572. The smallest absolute Gasteiger partial charge is 0.358 e. The molecule has 1 aromatic heterocycles. The van der Waals surface area contributed by atoms with Crippen LogP contribution in [-0.2, 0) is 17.8 Å². The topological polar surface area (TPSA) is 106 Å². The predicted octanol–water partition coefficient (Wildman–Crippen LogP) is 1.51. The Kier molecular flexibility index (Phi) is 6.94. The monoisotopic (exact) mass is 346 g/mol. The molecule has 0 unspecified atom stereocenters. The van der Waals surface area contributed by atoms with E-state index in [0.717, 1.165) is 30.8 Å². The van der Waals surface area contributed by atoms with Crippen molar-refractivity contribution in [2.45, 2.75) is 32.7 Å². The molecule has 2 rings (SSSR count). The Hall–Kier alpha value is -2.90. The SMILES string of the molecule is CCCCOc1ccc(CCNC(=O)Cn2cc(C(=O)O)nn2)cc1. The normalized spacial score (nSPS) is 10.4. The lowest BCUT2D eigenvalue weighted by Crippen LogP contribution is -2.29. The fourth-order valence-corrected chi connectivity index (χ4v) is 2.11. The minimum Gasteiger partial charge on any atom is -0.494 e. The number of nitrogens with zero attached hydrogens (tertiary/aromatic N) is 3. The fraction of sp³-hybridized carbons (Fsp3) is 0.412. The first-order valence-electron chi connectivity index (χ1n) is 8.20. The number of hydrogen-bond donors (Lipinski definition) is 2. The molecule has 2 aromatic rings. The number of ether oxygens (including phenoxy) is 1. The first kappa shape index (κ1) is 18.4. The number of amides is 1. The van der Waals surface area contributed by atoms with Gasteiger partial charge in [-0.15, -0.1) is 5.10 Å². The molecular weight excluding hydrogens is 324 g/mol. The zero-order chi connectivity index (χ0) is 18.1. The summed E-state index contributed by atoms with van der Waals surface area (Å²) in [4.78, 5) is 22.5. The summed E-state index contributed by atoms with van der Waals surface area (Å²) < 4.78 is 6.80. The zero-order valence-electron chi connectivity index (χ0n) is 14.1. The highest BCUT2D eigenvalue weighted by Gasteiger charge is 2.10. The summed E-state index contributed by atoms with van der Waals surface area (Å²) in [7, 11) is 0. The number of aromatic carboxylic acids is 1. The molecule has 8 nitrogen and oxygen atoms in total. The van der Waals surface area contributed by atoms with Gasteiger partial charge in [0.15, 0.2) is 5.69 Å². The molecule has 0 saturated heterocycles. The van der Waals surface area contributed by atoms with Gasteiger partial charge in [-0.1, -0.05) is 30.7 Å². The number of aromatic nitrogens is 3. The molecule has 0 atom stereocenters. The molecule has 8 heteroatoms. The highest BCUT2D eigenvalue weighted by atomic mass is 16.5. The van der Waals surface area contributed by atoms with E-state index < -0.39 is 5.97 Å². The van der Waals surface area contributed by atoms with Gasteiger partial charge in [0, 0.05) is 6.54 Å². The average Bonchev–Trinajstić information content (AvgIpc) is 3.05. The second-order valence-electron chi connectivity index (χ2n) is 5.55. The highest BCUT2D eigenvalue weighted by Crippen LogP contribution is 2.12. The van der Waals surface area contributed by atoms with E-state index in [-0.39, 0.29) is 18.1 Å². The van der Waals surface area contributed by atoms with Crippen LogP contribution in [0.3, 0.4) is 0 Å². The Morgan fingerprint density at radius 1 is 1.28 bits per heavy atom. The van der Waals surface area contributed by atoms with Gasteiger partial charge in [-0.3, -0.25) is 4.79 Å². The van der Waals surface area contributed by atoms with Gasteiger partial charge in [0.1, 0.15) is 12.3 Å². The lowest BCUT2D eigenvalue weighted by molar-refractivity contribution is -0.121. The van der Waals surface area contributed by atoms with E-state index in [4.69, 9.17) is 9.84 Å². The molecule has 0 radical (unpaired) electrons. The maximum absolute atomic E-state index is 11.8. The Balaban J connectivity index is 1.70. The summed E-state index contributed by atoms with van der Waals surface area (Å²) >= 11 is 0. The number of benzene rings is 1. The molecule has 1 heterocycles. The van der Waals surface area contributed by atoms with Gasteiger partial charge in [-0.25, -0.2) is 9.48 Å². The molecule has 0 spiro atoms. The average molecular weight is 346 g/mol. The van der Waals surface area contributed by atoms with Gasteiger partial charge in [0.2, 0.25) is 5.91 Å². The van der Waals surface area contributed by atoms with Crippen LogP contribution in [0.4, 0.5) is 0 Å². The van der Waals surface area contributed by atoms with Crippen LogP contribution in [0, 0.1) is 0 Å². The molecule has 2 N–H and O–H groups in total. The van der Waals surface area contributed by atoms with Crippen molar-refractivity contribution in [3.8, 4) is 5.75 Å². The van der Waals surface area contributed by atoms with E-state index in [2.05, 4.69) is 22.6 Å². The molecule has 0 fully saturated rings. The van der Waals surface area contributed by atoms with Gasteiger partial charge in [-0.05, 0) is 30.5 Å². The van der Waals surface area contributed by atoms with Gasteiger partial charge in [-0.2, -0.15) is 0 Å². The van der Waals surface area contributed by atoms with Crippen molar-refractivity contribution in [2.24, 2.45) is 0 Å². The molecular formula is C17H22N4O4. The van der Waals surface area contributed by atoms with E-state index in [1.807, 2.05) is 24.3 Å². The molecule has 25 heavy (non-hydrogen) atoms. The highest BCUT2D eigenvalue weighted by molar-refractivity contribution is 5.84. The van der Waals surface area contributed by atoms with Crippen LogP contribution in [0.5, 0.6) is 5.75 Å². The number of unbranched alkanes of at least 4 members (excludes halogenated alkanes) is 1. The van der Waals surface area contributed by atoms with E-state index in [0.29, 0.717) is 13.0 Å². The fourth-order valence-electron chi connectivity index (χ4n) is 2.11. The zero-order valence-corrected chi connectivity index (χ0v) is 14.1. The van der Waals surface area contributed by atoms with Crippen molar-refractivity contribution in [1.82, 2.24) is 20.3 Å². The maximum Gasteiger partial charge on any atom is 0.358 e. The predicted molar refractivity (Wildman–Crippen MR) is 90.5 cm³/mol. The number of carboxylic acids is 1. The van der Waals surface area contributed by atoms with Crippen molar-refractivity contribution in [3.63, 3.8) is 0 Å². The minimum atomic E-state index is -1.17. The van der Waals surface area contributed by atoms with E-state index >= 15 is 0 Å². The lowest BCUT2D eigenvalue weighted by atomic mass is 10.1. The standard InChI is InChI=1S/C17H22N4O4/c1-2-3-10-25-14-6-4-13(5-7-14)8-9-18-16(22)12-21-11-15(17(23)24)19-20-21/h4-7,11H,2-3,8-10,12H2,1H3,(H,18,22)(H,23,24). The van der Waals surface area contributed by atoms with Gasteiger partial charge in [0.25, 0.3) is 0 Å². The molecule has 0 bridgehead atoms. The van der Waals surface area contributed by atoms with Crippen LogP contribution in [-0.4, -0.2) is 45.1 Å². The molecule has 134 valence electrons. The lowest BCUT2D eigenvalue weighted by Gasteiger charge is -2.07. The van der Waals surface area contributed by atoms with E-state index in [9.17, 15) is 9.59 Å². The van der Waals surface area contributed by atoms with Crippen molar-refractivity contribution in [3.05, 3.63) is 41.7 Å².